The van der Waals surface area contributed by atoms with Crippen LogP contribution in [0.2, 0.25) is 0 Å². The van der Waals surface area contributed by atoms with E-state index in [1.54, 1.807) is 29.1 Å². The van der Waals surface area contributed by atoms with E-state index in [1.807, 2.05) is 27.7 Å². The molecule has 2 heterocycles. The van der Waals surface area contributed by atoms with Gasteiger partial charge in [0.15, 0.2) is 0 Å². The number of pyridine rings is 1. The van der Waals surface area contributed by atoms with Gasteiger partial charge in [-0.2, -0.15) is 0 Å². The first kappa shape index (κ1) is 26.8. The van der Waals surface area contributed by atoms with Crippen LogP contribution >= 0.6 is 0 Å². The van der Waals surface area contributed by atoms with Crippen LogP contribution in [-0.4, -0.2) is 76.8 Å². The molecule has 0 unspecified atom stereocenters. The summed E-state index contributed by atoms with van der Waals surface area (Å²) >= 11 is 0. The number of urea groups is 1. The van der Waals surface area contributed by atoms with Gasteiger partial charge < -0.3 is 25.0 Å². The molecule has 1 aromatic heterocycles. The lowest BCUT2D eigenvalue weighted by atomic mass is 9.90. The maximum absolute atomic E-state index is 13.5. The Balaban J connectivity index is 1.90. The second-order valence-corrected chi connectivity index (χ2v) is 10.3. The molecule has 2 aliphatic rings. The van der Waals surface area contributed by atoms with Gasteiger partial charge in [-0.25, -0.2) is 9.78 Å². The zero-order valence-corrected chi connectivity index (χ0v) is 21.7. The molecular formula is C27H40N4O4. The fourth-order valence-corrected chi connectivity index (χ4v) is 4.53. The average Bonchev–Trinajstić information content (AvgIpc) is 2.84. The monoisotopic (exact) mass is 484 g/mol. The minimum Gasteiger partial charge on any atom is -0.472 e. The van der Waals surface area contributed by atoms with Crippen LogP contribution < -0.4 is 10.1 Å². The first-order valence-corrected chi connectivity index (χ1v) is 12.8. The Morgan fingerprint density at radius 1 is 1.31 bits per heavy atom. The number of likely N-dealkylation sites (N-methyl/N-ethyl adjacent to an activating group) is 1. The number of hydrogen-bond acceptors (Lipinski definition) is 5. The van der Waals surface area contributed by atoms with E-state index in [-0.39, 0.29) is 48.5 Å². The van der Waals surface area contributed by atoms with E-state index in [4.69, 9.17) is 4.74 Å². The molecule has 1 fully saturated rings. The molecule has 8 heteroatoms. The number of nitrogens with one attached hydrogen (secondary N) is 1. The second-order valence-electron chi connectivity index (χ2n) is 10.3. The van der Waals surface area contributed by atoms with Gasteiger partial charge in [-0.1, -0.05) is 38.0 Å². The van der Waals surface area contributed by atoms with Crippen molar-refractivity contribution in [3.63, 3.8) is 0 Å². The maximum atomic E-state index is 13.5. The predicted octanol–water partition coefficient (Wildman–Crippen LogP) is 3.28. The highest BCUT2D eigenvalue weighted by atomic mass is 16.5. The van der Waals surface area contributed by atoms with Gasteiger partial charge in [0.25, 0.3) is 5.91 Å². The third-order valence-electron chi connectivity index (χ3n) is 6.76. The maximum Gasteiger partial charge on any atom is 0.317 e. The molecule has 8 nitrogen and oxygen atoms in total. The zero-order chi connectivity index (χ0) is 25.5. The summed E-state index contributed by atoms with van der Waals surface area (Å²) in [5.41, 5.74) is 1.02. The molecule has 2 N–H and O–H groups in total. The Hall–Kier alpha value is -2.79. The SMILES string of the molecule is CC(C)NC(=O)N(C)C[C@H]1Oc2ncc(C#CC3CCCCC3)cc2C(=O)N([C@H](C)CO)C[C@@H]1C. The lowest BCUT2D eigenvalue weighted by Gasteiger charge is -2.37. The predicted molar refractivity (Wildman–Crippen MR) is 135 cm³/mol. The molecule has 0 spiro atoms. The summed E-state index contributed by atoms with van der Waals surface area (Å²) in [6.45, 7) is 8.21. The lowest BCUT2D eigenvalue weighted by molar-refractivity contribution is 0.0351. The smallest absolute Gasteiger partial charge is 0.317 e. The number of amides is 3. The minimum atomic E-state index is -0.384. The number of carbonyl (C=O) groups is 2. The normalized spacial score (nSPS) is 21.7. The number of nitrogens with zero attached hydrogens (tertiary/aromatic N) is 3. The van der Waals surface area contributed by atoms with Gasteiger partial charge in [0.05, 0.1) is 19.2 Å². The topological polar surface area (TPSA) is 95.0 Å². The summed E-state index contributed by atoms with van der Waals surface area (Å²) in [6.07, 6.45) is 7.21. The number of ether oxygens (including phenoxy) is 1. The largest absolute Gasteiger partial charge is 0.472 e. The van der Waals surface area contributed by atoms with Crippen molar-refractivity contribution in [2.75, 3.05) is 26.7 Å². The van der Waals surface area contributed by atoms with Gasteiger partial charge in [0.1, 0.15) is 11.7 Å². The van der Waals surface area contributed by atoms with Gasteiger partial charge >= 0.3 is 6.03 Å². The van der Waals surface area contributed by atoms with E-state index in [1.165, 1.54) is 19.3 Å². The van der Waals surface area contributed by atoms with Crippen LogP contribution in [0.25, 0.3) is 0 Å². The Bertz CT molecular complexity index is 948. The van der Waals surface area contributed by atoms with Crippen molar-refractivity contribution in [3.8, 4) is 17.7 Å². The lowest BCUT2D eigenvalue weighted by Crippen LogP contribution is -2.51. The Morgan fingerprint density at radius 3 is 2.69 bits per heavy atom. The van der Waals surface area contributed by atoms with Crippen LogP contribution in [0.5, 0.6) is 5.88 Å². The van der Waals surface area contributed by atoms with Crippen molar-refractivity contribution in [2.24, 2.45) is 11.8 Å². The minimum absolute atomic E-state index is 0.0228. The molecule has 3 rings (SSSR count). The number of rotatable bonds is 5. The van der Waals surface area contributed by atoms with E-state index in [0.717, 1.165) is 12.8 Å². The van der Waals surface area contributed by atoms with Crippen molar-refractivity contribution < 1.29 is 19.4 Å². The number of aliphatic hydroxyl groups excluding tert-OH is 1. The molecule has 192 valence electrons. The Morgan fingerprint density at radius 2 is 2.03 bits per heavy atom. The molecule has 0 saturated heterocycles. The summed E-state index contributed by atoms with van der Waals surface area (Å²) in [5.74, 6) is 6.87. The van der Waals surface area contributed by atoms with Gasteiger partial charge in [-0.15, -0.1) is 0 Å². The highest BCUT2D eigenvalue weighted by molar-refractivity contribution is 5.97. The van der Waals surface area contributed by atoms with Gasteiger partial charge in [-0.3, -0.25) is 4.79 Å². The fraction of sp³-hybridized carbons (Fsp3) is 0.667. The Labute approximate surface area is 209 Å². The summed E-state index contributed by atoms with van der Waals surface area (Å²) in [7, 11) is 1.73. The number of aliphatic hydroxyl groups is 1. The highest BCUT2D eigenvalue weighted by Crippen LogP contribution is 2.28. The van der Waals surface area contributed by atoms with Crippen LogP contribution in [0.1, 0.15) is 75.7 Å². The van der Waals surface area contributed by atoms with Crippen molar-refractivity contribution >= 4 is 11.9 Å². The molecule has 0 aromatic carbocycles. The molecule has 35 heavy (non-hydrogen) atoms. The second kappa shape index (κ2) is 12.3. The summed E-state index contributed by atoms with van der Waals surface area (Å²) in [4.78, 5) is 33.8. The van der Waals surface area contributed by atoms with Crippen LogP contribution in [0.15, 0.2) is 12.3 Å². The van der Waals surface area contributed by atoms with E-state index >= 15 is 0 Å². The van der Waals surface area contributed by atoms with Crippen molar-refractivity contribution in [3.05, 3.63) is 23.4 Å². The van der Waals surface area contributed by atoms with Crippen molar-refractivity contribution in [1.82, 2.24) is 20.1 Å². The average molecular weight is 485 g/mol. The molecule has 1 aromatic rings. The van der Waals surface area contributed by atoms with Crippen LogP contribution in [0.3, 0.4) is 0 Å². The Kier molecular flexibility index (Phi) is 9.39. The molecular weight excluding hydrogens is 444 g/mol. The molecule has 3 amide bonds. The molecule has 1 aliphatic heterocycles. The van der Waals surface area contributed by atoms with E-state index in [0.29, 0.717) is 30.1 Å². The number of aromatic nitrogens is 1. The zero-order valence-electron chi connectivity index (χ0n) is 21.7. The molecule has 1 aliphatic carbocycles. The first-order chi connectivity index (χ1) is 16.7. The number of carbonyl (C=O) groups excluding carboxylic acids is 2. The number of fused-ring (bicyclic) bond motifs is 1. The van der Waals surface area contributed by atoms with Crippen molar-refractivity contribution in [2.45, 2.75) is 78.0 Å². The molecule has 0 bridgehead atoms. The summed E-state index contributed by atoms with van der Waals surface area (Å²) < 4.78 is 6.27. The third kappa shape index (κ3) is 7.11. The van der Waals surface area contributed by atoms with Crippen LogP contribution in [0.4, 0.5) is 4.79 Å². The highest BCUT2D eigenvalue weighted by Gasteiger charge is 2.34. The standard InChI is InChI=1S/C27H40N4O4/c1-18(2)29-27(34)30(5)16-24-19(3)15-31(20(4)17-32)26(33)23-13-22(14-28-25(23)35-24)12-11-21-9-7-6-8-10-21/h13-14,18-21,24,32H,6-10,15-17H2,1-5H3,(H,29,34)/t19-,20+,24+/m0/s1. The third-order valence-corrected chi connectivity index (χ3v) is 6.76. The van der Waals surface area contributed by atoms with E-state index in [9.17, 15) is 14.7 Å². The fourth-order valence-electron chi connectivity index (χ4n) is 4.53. The van der Waals surface area contributed by atoms with E-state index < -0.39 is 0 Å². The van der Waals surface area contributed by atoms with E-state index in [2.05, 4.69) is 22.1 Å². The van der Waals surface area contributed by atoms with Crippen LogP contribution in [0, 0.1) is 23.7 Å². The van der Waals surface area contributed by atoms with Gasteiger partial charge in [0.2, 0.25) is 5.88 Å². The van der Waals surface area contributed by atoms with Gasteiger partial charge in [-0.05, 0) is 39.7 Å². The number of hydrogen-bond donors (Lipinski definition) is 2. The summed E-state index contributed by atoms with van der Waals surface area (Å²) in [5, 5.41) is 12.7. The molecule has 1 saturated carbocycles. The summed E-state index contributed by atoms with van der Waals surface area (Å²) in [6, 6.07) is 1.22. The quantitative estimate of drug-likeness (QED) is 0.626. The molecule has 0 radical (unpaired) electrons. The first-order valence-electron chi connectivity index (χ1n) is 12.8. The van der Waals surface area contributed by atoms with Crippen LogP contribution in [-0.2, 0) is 0 Å². The van der Waals surface area contributed by atoms with Crippen molar-refractivity contribution in [1.29, 1.82) is 0 Å². The molecule has 3 atom stereocenters. The van der Waals surface area contributed by atoms with Gasteiger partial charge in [0, 0.05) is 43.2 Å².